The number of imide groups is 1. The fourth-order valence-corrected chi connectivity index (χ4v) is 11.2. The number of nitrogens with one attached hydrogen (secondary N) is 5. The molecule has 0 aromatic heterocycles. The molecule has 3 aliphatic rings. The largest absolute Gasteiger partial charge is 0.466 e. The summed E-state index contributed by atoms with van der Waals surface area (Å²) in [5.41, 5.74) is -0.693. The molecule has 594 valence electrons. The van der Waals surface area contributed by atoms with Crippen molar-refractivity contribution in [2.24, 2.45) is 17.3 Å². The molecule has 3 aliphatic heterocycles. The second kappa shape index (κ2) is 55.2. The van der Waals surface area contributed by atoms with Gasteiger partial charge in [0.2, 0.25) is 41.4 Å². The maximum atomic E-state index is 13.3. The standard InChI is InChI=1S/C71H122N6O23Si.CO2/c1-70(2,3)28-23-56(79)54(19-22-64(85)100-71(4,5)6)75-62(83)27-37-93-43-49-97-50-44-94-38-31-73-60(81)26-36-92-42-48-96-46-40-90-34-24-53(78)15-14-33-89-39-45-95-47-41-91-35-25-59(80)72-29-11-10-16-55(67(86)74-30-12-18-63(84)98-51-52-101(7,8)9)76-61(82)17-13-32-77-68(87)65-57-20-21-58(99-57)66(65)69(77)88;2-1-3/h20-21,54-55,57-58,65-66H,10-19,22-52H2,1-9H3,(H,72,80)(H,73,81)(H,74,86)(H,75,83)(H,76,82);/t54-,55-,57?,58?,65?,66?;/m0./s1. The number of hydrogen-bond donors (Lipinski definition) is 5. The molecule has 32 heteroatoms. The Kier molecular flexibility index (Phi) is 49.8. The molecule has 2 saturated heterocycles. The number of esters is 2. The van der Waals surface area contributed by atoms with Crippen molar-refractivity contribution in [3.8, 4) is 0 Å². The van der Waals surface area contributed by atoms with Gasteiger partial charge in [0.05, 0.1) is 149 Å². The van der Waals surface area contributed by atoms with Crippen molar-refractivity contribution < 1.29 is 119 Å². The average Bonchev–Trinajstić information content (AvgIpc) is 1.58. The van der Waals surface area contributed by atoms with Gasteiger partial charge in [-0.15, -0.1) is 0 Å². The number of Topliss-reactive ketones (excluding diaryl/α,β-unsaturated/α-hetero) is 2. The second-order valence-electron chi connectivity index (χ2n) is 28.7. The number of ketones is 2. The topological polar surface area (TPSA) is 396 Å². The second-order valence-corrected chi connectivity index (χ2v) is 34.3. The Hall–Kier alpha value is -6.29. The number of hydrogen-bond acceptors (Lipinski definition) is 25. The lowest BCUT2D eigenvalue weighted by molar-refractivity contribution is -0.192. The molecule has 2 bridgehead atoms. The Morgan fingerprint density at radius 1 is 0.471 bits per heavy atom. The SMILES string of the molecule is CC(C)(C)CCC(=O)[C@H](CCC(=O)OC(C)(C)C)NC(=O)CCOCCOCCOCCNC(=O)CCOCCOCCOCCC(=O)CCCOCCOCCOCCC(=O)NCCCC[C@H](NC(=O)CCCN1C(=O)C2C3C=CC(O3)C2C1=O)C(=O)NCCCC(=O)OCC[Si](C)(C)C.O=C=O. The molecule has 104 heavy (non-hydrogen) atoms. The first-order valence-corrected chi connectivity index (χ1v) is 40.4. The van der Waals surface area contributed by atoms with Gasteiger partial charge < -0.3 is 83.4 Å². The summed E-state index contributed by atoms with van der Waals surface area (Å²) < 4.78 is 66.1. The van der Waals surface area contributed by atoms with Crippen LogP contribution in [-0.4, -0.2) is 266 Å². The van der Waals surface area contributed by atoms with Crippen LogP contribution >= 0.6 is 0 Å². The summed E-state index contributed by atoms with van der Waals surface area (Å²) in [6, 6.07) is -0.794. The number of carbonyl (C=O) groups excluding carboxylic acids is 13. The maximum Gasteiger partial charge on any atom is 0.373 e. The molecule has 0 aromatic carbocycles. The highest BCUT2D eigenvalue weighted by molar-refractivity contribution is 6.76. The van der Waals surface area contributed by atoms with Crippen molar-refractivity contribution in [3.05, 3.63) is 12.2 Å². The summed E-state index contributed by atoms with van der Waals surface area (Å²) in [6.45, 7) is 24.8. The first-order chi connectivity index (χ1) is 49.5. The van der Waals surface area contributed by atoms with E-state index in [1.165, 1.54) is 4.90 Å². The van der Waals surface area contributed by atoms with Gasteiger partial charge in [-0.25, -0.2) is 0 Å². The lowest BCUT2D eigenvalue weighted by atomic mass is 9.85. The van der Waals surface area contributed by atoms with Crippen molar-refractivity contribution >= 4 is 79.1 Å². The van der Waals surface area contributed by atoms with Crippen LogP contribution in [0.1, 0.15) is 151 Å². The maximum absolute atomic E-state index is 13.3. The van der Waals surface area contributed by atoms with E-state index in [2.05, 4.69) is 46.2 Å². The first-order valence-electron chi connectivity index (χ1n) is 36.7. The zero-order valence-corrected chi connectivity index (χ0v) is 64.3. The van der Waals surface area contributed by atoms with E-state index >= 15 is 0 Å². The van der Waals surface area contributed by atoms with Crippen LogP contribution in [-0.2, 0) is 119 Å². The molecule has 0 saturated carbocycles. The van der Waals surface area contributed by atoms with E-state index < -0.39 is 67.6 Å². The molecule has 0 spiro atoms. The predicted molar refractivity (Wildman–Crippen MR) is 380 cm³/mol. The van der Waals surface area contributed by atoms with Gasteiger partial charge in [-0.1, -0.05) is 52.6 Å². The molecule has 0 aliphatic carbocycles. The first kappa shape index (κ1) is 93.8. The zero-order valence-electron chi connectivity index (χ0n) is 63.3. The number of unbranched alkanes of at least 4 members (excludes halogenated alkanes) is 1. The zero-order chi connectivity index (χ0) is 77.0. The third-order valence-corrected chi connectivity index (χ3v) is 17.8. The molecule has 7 amide bonds. The Balaban J connectivity index is 0.0000120. The normalized spacial score (nSPS) is 16.6. The van der Waals surface area contributed by atoms with Crippen LogP contribution in [0.5, 0.6) is 0 Å². The number of ether oxygens (including phenoxy) is 12. The number of amides is 7. The monoisotopic (exact) mass is 1500 g/mol. The van der Waals surface area contributed by atoms with Gasteiger partial charge in [0.15, 0.2) is 5.78 Å². The molecule has 3 rings (SSSR count). The highest BCUT2D eigenvalue weighted by Gasteiger charge is 2.60. The third kappa shape index (κ3) is 47.3. The molecule has 0 radical (unpaired) electrons. The van der Waals surface area contributed by atoms with Crippen LogP contribution in [0.2, 0.25) is 25.7 Å². The van der Waals surface area contributed by atoms with E-state index in [9.17, 15) is 52.7 Å². The highest BCUT2D eigenvalue weighted by atomic mass is 28.3. The summed E-state index contributed by atoms with van der Waals surface area (Å²) in [5, 5.41) is 14.0. The molecule has 2 fully saturated rings. The van der Waals surface area contributed by atoms with Crippen molar-refractivity contribution in [1.29, 1.82) is 0 Å². The highest BCUT2D eigenvalue weighted by Crippen LogP contribution is 2.45. The van der Waals surface area contributed by atoms with Crippen molar-refractivity contribution in [3.63, 3.8) is 0 Å². The fraction of sp³-hybridized carbons (Fsp3) is 0.806. The average molecular weight is 1500 g/mol. The summed E-state index contributed by atoms with van der Waals surface area (Å²) >= 11 is 0. The Morgan fingerprint density at radius 2 is 0.933 bits per heavy atom. The van der Waals surface area contributed by atoms with Crippen LogP contribution in [0.3, 0.4) is 0 Å². The van der Waals surface area contributed by atoms with Crippen molar-refractivity contribution in [2.45, 2.75) is 206 Å². The number of fused-ring (bicyclic) bond motifs is 5. The van der Waals surface area contributed by atoms with Gasteiger partial charge in [-0.2, -0.15) is 9.59 Å². The van der Waals surface area contributed by atoms with Gasteiger partial charge in [-0.3, -0.25) is 57.6 Å². The van der Waals surface area contributed by atoms with Gasteiger partial charge in [0, 0.05) is 98.6 Å². The fourth-order valence-electron chi connectivity index (χ4n) is 10.5. The molecule has 31 nitrogen and oxygen atoms in total. The molecule has 5 N–H and O–H groups in total. The number of rotatable bonds is 62. The molecule has 0 aromatic rings. The smallest absolute Gasteiger partial charge is 0.373 e. The van der Waals surface area contributed by atoms with E-state index in [0.717, 1.165) is 6.04 Å². The van der Waals surface area contributed by atoms with Crippen LogP contribution in [0.25, 0.3) is 0 Å². The predicted octanol–water partition coefficient (Wildman–Crippen LogP) is 3.85. The summed E-state index contributed by atoms with van der Waals surface area (Å²) in [4.78, 5) is 157. The van der Waals surface area contributed by atoms with Crippen LogP contribution in [0.15, 0.2) is 12.2 Å². The minimum absolute atomic E-state index is 0.00650. The van der Waals surface area contributed by atoms with E-state index in [1.54, 1.807) is 20.8 Å². The molecule has 3 heterocycles. The van der Waals surface area contributed by atoms with E-state index in [-0.39, 0.29) is 163 Å². The van der Waals surface area contributed by atoms with Crippen LogP contribution in [0.4, 0.5) is 0 Å². The quantitative estimate of drug-likeness (QED) is 0.0190. The van der Waals surface area contributed by atoms with Crippen molar-refractivity contribution in [1.82, 2.24) is 31.5 Å². The summed E-state index contributed by atoms with van der Waals surface area (Å²) in [5.74, 6) is -3.90. The lowest BCUT2D eigenvalue weighted by Gasteiger charge is -2.23. The van der Waals surface area contributed by atoms with Gasteiger partial charge in [0.25, 0.3) is 0 Å². The molecular weight excluding hydrogens is 1380 g/mol. The van der Waals surface area contributed by atoms with E-state index in [0.29, 0.717) is 157 Å². The minimum atomic E-state index is -1.35. The molecule has 6 atom stereocenters. The van der Waals surface area contributed by atoms with Gasteiger partial charge >= 0.3 is 18.1 Å². The van der Waals surface area contributed by atoms with E-state index in [4.69, 9.17) is 66.4 Å². The Morgan fingerprint density at radius 3 is 1.45 bits per heavy atom. The molecular formula is C72H122N6O25Si. The molecule has 4 unspecified atom stereocenters. The Bertz CT molecular complexity index is 2590. The number of carbonyl (C=O) groups is 11. The number of likely N-dealkylation sites (tertiary alicyclic amines) is 1. The Labute approximate surface area is 614 Å². The lowest BCUT2D eigenvalue weighted by Crippen LogP contribution is -2.47. The summed E-state index contributed by atoms with van der Waals surface area (Å²) in [6.07, 6.45) is 7.92. The van der Waals surface area contributed by atoms with E-state index in [1.807, 2.05) is 32.9 Å². The number of nitrogens with zero attached hydrogens (tertiary/aromatic N) is 1. The van der Waals surface area contributed by atoms with Crippen LogP contribution < -0.4 is 26.6 Å². The van der Waals surface area contributed by atoms with Crippen LogP contribution in [0, 0.1) is 17.3 Å². The van der Waals surface area contributed by atoms with Gasteiger partial charge in [0.1, 0.15) is 17.4 Å². The van der Waals surface area contributed by atoms with Gasteiger partial charge in [-0.05, 0) is 83.6 Å². The summed E-state index contributed by atoms with van der Waals surface area (Å²) in [7, 11) is -1.35. The van der Waals surface area contributed by atoms with Crippen molar-refractivity contribution in [2.75, 3.05) is 152 Å². The minimum Gasteiger partial charge on any atom is -0.466 e. The third-order valence-electron chi connectivity index (χ3n) is 16.0.